The number of fused-ring (bicyclic) bond motifs is 1. The maximum Gasteiger partial charge on any atom is 0.259 e. The van der Waals surface area contributed by atoms with Gasteiger partial charge in [0, 0.05) is 25.6 Å². The number of benzene rings is 1. The van der Waals surface area contributed by atoms with Crippen molar-refractivity contribution in [2.75, 3.05) is 5.32 Å². The summed E-state index contributed by atoms with van der Waals surface area (Å²) in [5.41, 5.74) is 1.82. The summed E-state index contributed by atoms with van der Waals surface area (Å²) in [4.78, 5) is 20.7. The summed E-state index contributed by atoms with van der Waals surface area (Å²) in [6, 6.07) is 7.15. The number of hydrogen-bond donors (Lipinski definition) is 1. The van der Waals surface area contributed by atoms with Crippen molar-refractivity contribution in [1.82, 2.24) is 19.7 Å². The van der Waals surface area contributed by atoms with E-state index in [4.69, 9.17) is 5.26 Å². The van der Waals surface area contributed by atoms with Crippen molar-refractivity contribution < 1.29 is 4.79 Å². The first kappa shape index (κ1) is 12.7. The van der Waals surface area contributed by atoms with Crippen molar-refractivity contribution in [2.45, 2.75) is 0 Å². The number of rotatable bonds is 2. The van der Waals surface area contributed by atoms with E-state index < -0.39 is 0 Å². The molecule has 0 radical (unpaired) electrons. The number of hydrogen-bond acceptors (Lipinski definition) is 5. The zero-order chi connectivity index (χ0) is 14.8. The molecule has 21 heavy (non-hydrogen) atoms. The minimum Gasteiger partial charge on any atom is -0.304 e. The SMILES string of the molecule is Cn1cc(C#N)c(NC(=O)c2cccc3nccnc23)n1. The molecule has 1 aromatic carbocycles. The molecule has 0 fully saturated rings. The Kier molecular flexibility index (Phi) is 3.04. The molecule has 0 atom stereocenters. The van der Waals surface area contributed by atoms with Crippen LogP contribution in [0, 0.1) is 11.3 Å². The fourth-order valence-electron chi connectivity index (χ4n) is 2.01. The second-order valence-corrected chi connectivity index (χ2v) is 4.36. The van der Waals surface area contributed by atoms with Crippen molar-refractivity contribution in [1.29, 1.82) is 5.26 Å². The van der Waals surface area contributed by atoms with Gasteiger partial charge < -0.3 is 5.32 Å². The van der Waals surface area contributed by atoms with Gasteiger partial charge in [0.25, 0.3) is 5.91 Å². The van der Waals surface area contributed by atoms with Crippen molar-refractivity contribution in [3.63, 3.8) is 0 Å². The molecule has 2 aromatic heterocycles. The van der Waals surface area contributed by atoms with Crippen LogP contribution in [0.2, 0.25) is 0 Å². The molecule has 0 aliphatic carbocycles. The minimum absolute atomic E-state index is 0.228. The van der Waals surface area contributed by atoms with Gasteiger partial charge in [0.05, 0.1) is 11.1 Å². The first-order valence-corrected chi connectivity index (χ1v) is 6.14. The van der Waals surface area contributed by atoms with Gasteiger partial charge in [0.1, 0.15) is 17.1 Å². The molecule has 3 rings (SSSR count). The van der Waals surface area contributed by atoms with Crippen LogP contribution in [0.3, 0.4) is 0 Å². The average molecular weight is 278 g/mol. The van der Waals surface area contributed by atoms with Crippen LogP contribution in [0.4, 0.5) is 5.82 Å². The third-order valence-electron chi connectivity index (χ3n) is 2.92. The molecular weight excluding hydrogens is 268 g/mol. The Morgan fingerprint density at radius 2 is 2.14 bits per heavy atom. The number of carbonyl (C=O) groups excluding carboxylic acids is 1. The molecule has 0 spiro atoms. The van der Waals surface area contributed by atoms with Gasteiger partial charge in [-0.1, -0.05) is 6.07 Å². The molecule has 7 nitrogen and oxygen atoms in total. The summed E-state index contributed by atoms with van der Waals surface area (Å²) in [7, 11) is 1.68. The van der Waals surface area contributed by atoms with Crippen LogP contribution >= 0.6 is 0 Å². The second-order valence-electron chi connectivity index (χ2n) is 4.36. The van der Waals surface area contributed by atoms with Crippen LogP contribution < -0.4 is 5.32 Å². The Morgan fingerprint density at radius 1 is 1.33 bits per heavy atom. The molecule has 0 aliphatic rings. The van der Waals surface area contributed by atoms with Crippen LogP contribution in [0.15, 0.2) is 36.8 Å². The number of carbonyl (C=O) groups is 1. The lowest BCUT2D eigenvalue weighted by Crippen LogP contribution is -2.14. The predicted octanol–water partition coefficient (Wildman–Crippen LogP) is 1.49. The van der Waals surface area contributed by atoms with E-state index in [1.165, 1.54) is 10.9 Å². The summed E-state index contributed by atoms with van der Waals surface area (Å²) in [5, 5.41) is 15.7. The lowest BCUT2D eigenvalue weighted by atomic mass is 10.1. The van der Waals surface area contributed by atoms with Crippen molar-refractivity contribution >= 4 is 22.8 Å². The highest BCUT2D eigenvalue weighted by atomic mass is 16.1. The molecule has 0 unspecified atom stereocenters. The zero-order valence-corrected chi connectivity index (χ0v) is 11.1. The Bertz CT molecular complexity index is 871. The van der Waals surface area contributed by atoms with E-state index in [9.17, 15) is 4.79 Å². The summed E-state index contributed by atoms with van der Waals surface area (Å²) in [5.74, 6) is -0.151. The van der Waals surface area contributed by atoms with Gasteiger partial charge in [0.15, 0.2) is 5.82 Å². The van der Waals surface area contributed by atoms with Crippen LogP contribution in [0.1, 0.15) is 15.9 Å². The highest BCUT2D eigenvalue weighted by Gasteiger charge is 2.15. The van der Waals surface area contributed by atoms with Crippen molar-refractivity contribution in [3.05, 3.63) is 47.9 Å². The minimum atomic E-state index is -0.378. The lowest BCUT2D eigenvalue weighted by Gasteiger charge is -2.05. The van der Waals surface area contributed by atoms with Gasteiger partial charge in [-0.25, -0.2) is 0 Å². The average Bonchev–Trinajstić information content (AvgIpc) is 2.86. The van der Waals surface area contributed by atoms with Crippen molar-refractivity contribution in [3.8, 4) is 6.07 Å². The highest BCUT2D eigenvalue weighted by molar-refractivity contribution is 6.11. The normalized spacial score (nSPS) is 10.3. The smallest absolute Gasteiger partial charge is 0.259 e. The van der Waals surface area contributed by atoms with Gasteiger partial charge in [0.2, 0.25) is 0 Å². The van der Waals surface area contributed by atoms with Crippen LogP contribution in [0.5, 0.6) is 0 Å². The molecule has 3 aromatic rings. The van der Waals surface area contributed by atoms with E-state index in [2.05, 4.69) is 20.4 Å². The third-order valence-corrected chi connectivity index (χ3v) is 2.92. The van der Waals surface area contributed by atoms with E-state index >= 15 is 0 Å². The molecule has 102 valence electrons. The Balaban J connectivity index is 2.00. The van der Waals surface area contributed by atoms with Gasteiger partial charge in [-0.15, -0.1) is 0 Å². The molecule has 1 N–H and O–H groups in total. The van der Waals surface area contributed by atoms with Gasteiger partial charge in [-0.3, -0.25) is 19.4 Å². The number of para-hydroxylation sites is 1. The maximum atomic E-state index is 12.4. The van der Waals surface area contributed by atoms with E-state index in [1.807, 2.05) is 6.07 Å². The van der Waals surface area contributed by atoms with Crippen LogP contribution in [0.25, 0.3) is 11.0 Å². The van der Waals surface area contributed by atoms with Gasteiger partial charge in [-0.2, -0.15) is 10.4 Å². The molecule has 7 heteroatoms. The molecule has 0 saturated heterocycles. The summed E-state index contributed by atoms with van der Waals surface area (Å²) >= 11 is 0. The standard InChI is InChI=1S/C14H10N6O/c1-20-8-9(7-15)13(19-20)18-14(21)10-3-2-4-11-12(10)17-6-5-16-11/h2-6,8H,1H3,(H,18,19,21). The number of aromatic nitrogens is 4. The molecule has 1 amide bonds. The fourth-order valence-corrected chi connectivity index (χ4v) is 2.01. The Hall–Kier alpha value is -3.27. The molecule has 0 saturated carbocycles. The first-order valence-electron chi connectivity index (χ1n) is 6.14. The second kappa shape index (κ2) is 5.02. The largest absolute Gasteiger partial charge is 0.304 e. The topological polar surface area (TPSA) is 96.5 Å². The monoisotopic (exact) mass is 278 g/mol. The van der Waals surface area contributed by atoms with E-state index in [0.29, 0.717) is 22.2 Å². The Labute approximate surface area is 119 Å². The van der Waals surface area contributed by atoms with Crippen molar-refractivity contribution in [2.24, 2.45) is 7.05 Å². The molecule has 0 aliphatic heterocycles. The highest BCUT2D eigenvalue weighted by Crippen LogP contribution is 2.17. The van der Waals surface area contributed by atoms with Crippen LogP contribution in [-0.4, -0.2) is 25.7 Å². The molecule has 0 bridgehead atoms. The zero-order valence-electron chi connectivity index (χ0n) is 11.1. The Morgan fingerprint density at radius 3 is 2.95 bits per heavy atom. The van der Waals surface area contributed by atoms with Crippen LogP contribution in [-0.2, 0) is 7.05 Å². The fraction of sp³-hybridized carbons (Fsp3) is 0.0714. The number of aryl methyl sites for hydroxylation is 1. The summed E-state index contributed by atoms with van der Waals surface area (Å²) < 4.78 is 1.47. The number of anilines is 1. The predicted molar refractivity (Wildman–Crippen MR) is 75.4 cm³/mol. The number of nitrogens with zero attached hydrogens (tertiary/aromatic N) is 5. The van der Waals surface area contributed by atoms with Gasteiger partial charge in [-0.05, 0) is 12.1 Å². The van der Waals surface area contributed by atoms with E-state index in [0.717, 1.165) is 0 Å². The van der Waals surface area contributed by atoms with Gasteiger partial charge >= 0.3 is 0 Å². The number of nitriles is 1. The van der Waals surface area contributed by atoms with E-state index in [-0.39, 0.29) is 11.7 Å². The number of amides is 1. The molecule has 2 heterocycles. The van der Waals surface area contributed by atoms with E-state index in [1.54, 1.807) is 37.6 Å². The number of nitrogens with one attached hydrogen (secondary N) is 1. The lowest BCUT2D eigenvalue weighted by molar-refractivity contribution is 0.102. The summed E-state index contributed by atoms with van der Waals surface area (Å²) in [6.45, 7) is 0. The molecular formula is C14H10N6O. The first-order chi connectivity index (χ1) is 10.2. The third kappa shape index (κ3) is 2.30. The quantitative estimate of drug-likeness (QED) is 0.766. The summed E-state index contributed by atoms with van der Waals surface area (Å²) in [6.07, 6.45) is 4.63. The maximum absolute atomic E-state index is 12.4.